The van der Waals surface area contributed by atoms with Crippen LogP contribution in [0.1, 0.15) is 0 Å². The summed E-state index contributed by atoms with van der Waals surface area (Å²) in [5.74, 6) is -0.0881. The average Bonchev–Trinajstić information content (AvgIpc) is 2.44. The molecular weight excluding hydrogens is 195 g/mol. The Morgan fingerprint density at radius 2 is 2.00 bits per heavy atom. The van der Waals surface area contributed by atoms with E-state index in [-0.39, 0.29) is 11.6 Å². The number of anilines is 1. The van der Waals surface area contributed by atoms with Crippen molar-refractivity contribution in [1.82, 2.24) is 5.32 Å². The van der Waals surface area contributed by atoms with E-state index in [9.17, 15) is 9.18 Å². The number of hydrogen-bond acceptors (Lipinski definition) is 3. The van der Waals surface area contributed by atoms with Gasteiger partial charge in [0.15, 0.2) is 5.78 Å². The van der Waals surface area contributed by atoms with Gasteiger partial charge in [-0.2, -0.15) is 0 Å². The van der Waals surface area contributed by atoms with Crippen LogP contribution in [-0.2, 0) is 4.79 Å². The van der Waals surface area contributed by atoms with Gasteiger partial charge in [-0.15, -0.1) is 0 Å². The van der Waals surface area contributed by atoms with E-state index in [0.29, 0.717) is 13.1 Å². The van der Waals surface area contributed by atoms with Crippen molar-refractivity contribution in [2.45, 2.75) is 0 Å². The lowest BCUT2D eigenvalue weighted by atomic mass is 10.2. The average molecular weight is 208 g/mol. The molecule has 0 bridgehead atoms. The fraction of sp³-hybridized carbons (Fsp3) is 0.364. The third-order valence-corrected chi connectivity index (χ3v) is 2.44. The van der Waals surface area contributed by atoms with Crippen LogP contribution < -0.4 is 10.2 Å². The number of benzene rings is 1. The first-order valence-corrected chi connectivity index (χ1v) is 4.98. The summed E-state index contributed by atoms with van der Waals surface area (Å²) in [5.41, 5.74) is 0.897. The second-order valence-electron chi connectivity index (χ2n) is 3.61. The number of carbonyl (C=O) groups is 1. The lowest BCUT2D eigenvalue weighted by molar-refractivity contribution is -0.116. The van der Waals surface area contributed by atoms with Crippen LogP contribution in [0, 0.1) is 5.82 Å². The van der Waals surface area contributed by atoms with Crippen molar-refractivity contribution in [2.24, 2.45) is 0 Å². The van der Waals surface area contributed by atoms with Gasteiger partial charge in [0.05, 0.1) is 13.1 Å². The summed E-state index contributed by atoms with van der Waals surface area (Å²) >= 11 is 0. The summed E-state index contributed by atoms with van der Waals surface area (Å²) in [5, 5.41) is 3.04. The molecule has 0 saturated carbocycles. The SMILES string of the molecule is O=C1CNCCN(c2ccc(F)cc2)C1. The molecule has 0 amide bonds. The molecule has 1 saturated heterocycles. The first-order valence-electron chi connectivity index (χ1n) is 4.98. The van der Waals surface area contributed by atoms with Crippen LogP contribution in [0.5, 0.6) is 0 Å². The van der Waals surface area contributed by atoms with Crippen molar-refractivity contribution in [2.75, 3.05) is 31.1 Å². The zero-order valence-corrected chi connectivity index (χ0v) is 8.37. The minimum Gasteiger partial charge on any atom is -0.363 e. The fourth-order valence-electron chi connectivity index (χ4n) is 1.66. The summed E-state index contributed by atoms with van der Waals surface area (Å²) < 4.78 is 12.7. The molecule has 4 heteroatoms. The maximum atomic E-state index is 12.7. The molecule has 2 rings (SSSR count). The highest BCUT2D eigenvalue weighted by Gasteiger charge is 2.14. The van der Waals surface area contributed by atoms with E-state index in [1.54, 1.807) is 12.1 Å². The zero-order valence-electron chi connectivity index (χ0n) is 8.37. The monoisotopic (exact) mass is 208 g/mol. The molecule has 1 aromatic carbocycles. The first kappa shape index (κ1) is 10.1. The van der Waals surface area contributed by atoms with Crippen LogP contribution in [0.4, 0.5) is 10.1 Å². The number of ketones is 1. The first-order chi connectivity index (χ1) is 7.25. The Hall–Kier alpha value is -1.42. The van der Waals surface area contributed by atoms with Crippen molar-refractivity contribution in [3.8, 4) is 0 Å². The molecule has 1 aromatic rings. The number of hydrogen-bond donors (Lipinski definition) is 1. The topological polar surface area (TPSA) is 32.3 Å². The fourth-order valence-corrected chi connectivity index (χ4v) is 1.66. The molecule has 15 heavy (non-hydrogen) atoms. The molecule has 0 aliphatic carbocycles. The molecule has 1 fully saturated rings. The molecule has 1 heterocycles. The van der Waals surface area contributed by atoms with Crippen molar-refractivity contribution in [3.63, 3.8) is 0 Å². The predicted molar refractivity (Wildman–Crippen MR) is 56.5 cm³/mol. The molecule has 80 valence electrons. The maximum Gasteiger partial charge on any atom is 0.165 e. The van der Waals surface area contributed by atoms with Crippen molar-refractivity contribution in [1.29, 1.82) is 0 Å². The van der Waals surface area contributed by atoms with Crippen molar-refractivity contribution < 1.29 is 9.18 Å². The number of carbonyl (C=O) groups excluding carboxylic acids is 1. The van der Waals surface area contributed by atoms with E-state index < -0.39 is 0 Å². The summed E-state index contributed by atoms with van der Waals surface area (Å²) in [6.07, 6.45) is 0. The van der Waals surface area contributed by atoms with E-state index >= 15 is 0 Å². The van der Waals surface area contributed by atoms with Crippen molar-refractivity contribution in [3.05, 3.63) is 30.1 Å². The number of nitrogens with one attached hydrogen (secondary N) is 1. The van der Waals surface area contributed by atoms with Crippen LogP contribution in [0.2, 0.25) is 0 Å². The molecule has 1 aliphatic rings. The number of Topliss-reactive ketones (excluding diaryl/α,β-unsaturated/α-hetero) is 1. The minimum absolute atomic E-state index is 0.164. The Balaban J connectivity index is 2.14. The molecule has 0 atom stereocenters. The Labute approximate surface area is 87.9 Å². The maximum absolute atomic E-state index is 12.7. The third-order valence-electron chi connectivity index (χ3n) is 2.44. The van der Waals surface area contributed by atoms with Gasteiger partial charge >= 0.3 is 0 Å². The highest BCUT2D eigenvalue weighted by Crippen LogP contribution is 2.14. The normalized spacial score (nSPS) is 17.7. The summed E-state index contributed by atoms with van der Waals surface area (Å²) in [6.45, 7) is 2.39. The van der Waals surface area contributed by atoms with E-state index in [4.69, 9.17) is 0 Å². The predicted octanol–water partition coefficient (Wildman–Crippen LogP) is 0.804. The van der Waals surface area contributed by atoms with Crippen LogP contribution >= 0.6 is 0 Å². The van der Waals surface area contributed by atoms with Crippen molar-refractivity contribution >= 4 is 11.5 Å². The quantitative estimate of drug-likeness (QED) is 0.741. The molecule has 0 unspecified atom stereocenters. The van der Waals surface area contributed by atoms with Crippen LogP contribution in [-0.4, -0.2) is 32.0 Å². The van der Waals surface area contributed by atoms with Gasteiger partial charge in [0, 0.05) is 18.8 Å². The van der Waals surface area contributed by atoms with Gasteiger partial charge in [0.1, 0.15) is 5.82 Å². The molecular formula is C11H13FN2O. The van der Waals surface area contributed by atoms with Gasteiger partial charge in [-0.3, -0.25) is 4.79 Å². The molecule has 3 nitrogen and oxygen atoms in total. The Bertz CT molecular complexity index is 350. The van der Waals surface area contributed by atoms with Crippen LogP contribution in [0.25, 0.3) is 0 Å². The lowest BCUT2D eigenvalue weighted by Crippen LogP contribution is -2.29. The van der Waals surface area contributed by atoms with Gasteiger partial charge in [0.25, 0.3) is 0 Å². The second-order valence-corrected chi connectivity index (χ2v) is 3.61. The van der Waals surface area contributed by atoms with Crippen LogP contribution in [0.15, 0.2) is 24.3 Å². The smallest absolute Gasteiger partial charge is 0.165 e. The minimum atomic E-state index is -0.252. The van der Waals surface area contributed by atoms with E-state index in [0.717, 1.165) is 18.8 Å². The Morgan fingerprint density at radius 1 is 1.27 bits per heavy atom. The van der Waals surface area contributed by atoms with Gasteiger partial charge in [0.2, 0.25) is 0 Å². The van der Waals surface area contributed by atoms with Gasteiger partial charge in [-0.25, -0.2) is 4.39 Å². The second kappa shape index (κ2) is 4.40. The largest absolute Gasteiger partial charge is 0.363 e. The standard InChI is InChI=1S/C11H13FN2O/c12-9-1-3-10(4-2-9)14-6-5-13-7-11(15)8-14/h1-4,13H,5-8H2. The van der Waals surface area contributed by atoms with Gasteiger partial charge in [-0.1, -0.05) is 0 Å². The van der Waals surface area contributed by atoms with E-state index in [1.165, 1.54) is 12.1 Å². The highest BCUT2D eigenvalue weighted by atomic mass is 19.1. The Kier molecular flexibility index (Phi) is 2.97. The molecule has 0 radical (unpaired) electrons. The molecule has 1 aliphatic heterocycles. The zero-order chi connectivity index (χ0) is 10.7. The molecule has 1 N–H and O–H groups in total. The third kappa shape index (κ3) is 2.53. The summed E-state index contributed by atoms with van der Waals surface area (Å²) in [6, 6.07) is 6.23. The number of nitrogens with zero attached hydrogens (tertiary/aromatic N) is 1. The van der Waals surface area contributed by atoms with Gasteiger partial charge < -0.3 is 10.2 Å². The number of halogens is 1. The summed E-state index contributed by atoms with van der Waals surface area (Å²) in [7, 11) is 0. The van der Waals surface area contributed by atoms with Gasteiger partial charge in [-0.05, 0) is 24.3 Å². The Morgan fingerprint density at radius 3 is 2.73 bits per heavy atom. The molecule has 0 spiro atoms. The number of rotatable bonds is 1. The highest BCUT2D eigenvalue weighted by molar-refractivity contribution is 5.85. The molecule has 0 aromatic heterocycles. The lowest BCUT2D eigenvalue weighted by Gasteiger charge is -2.21. The van der Waals surface area contributed by atoms with Crippen LogP contribution in [0.3, 0.4) is 0 Å². The summed E-state index contributed by atoms with van der Waals surface area (Å²) in [4.78, 5) is 13.3. The van der Waals surface area contributed by atoms with E-state index in [1.807, 2.05) is 4.90 Å². The van der Waals surface area contributed by atoms with E-state index in [2.05, 4.69) is 5.32 Å².